The number of hydrogen-bond acceptors (Lipinski definition) is 3. The van der Waals surface area contributed by atoms with E-state index < -0.39 is 0 Å². The Morgan fingerprint density at radius 3 is 2.88 bits per heavy atom. The molecule has 2 heterocycles. The summed E-state index contributed by atoms with van der Waals surface area (Å²) in [6.07, 6.45) is 3.80. The molecule has 1 saturated heterocycles. The van der Waals surface area contributed by atoms with Gasteiger partial charge in [-0.25, -0.2) is 4.98 Å². The molecule has 0 radical (unpaired) electrons. The minimum absolute atomic E-state index is 0.0176. The molecule has 1 fully saturated rings. The smallest absolute Gasteiger partial charge is 0.272 e. The van der Waals surface area contributed by atoms with Gasteiger partial charge in [0.25, 0.3) is 5.91 Å². The van der Waals surface area contributed by atoms with Crippen LogP contribution in [0.5, 0.6) is 0 Å². The highest BCUT2D eigenvalue weighted by Crippen LogP contribution is 2.24. The zero-order valence-corrected chi connectivity index (χ0v) is 10.4. The topological polar surface area (TPSA) is 59.2 Å². The van der Waals surface area contributed by atoms with Gasteiger partial charge in [-0.1, -0.05) is 6.92 Å². The molecule has 1 aromatic rings. The van der Waals surface area contributed by atoms with Crippen molar-refractivity contribution in [3.8, 4) is 0 Å². The first-order valence-electron chi connectivity index (χ1n) is 6.12. The first kappa shape index (κ1) is 11.9. The summed E-state index contributed by atoms with van der Waals surface area (Å²) in [5, 5.41) is 0. The van der Waals surface area contributed by atoms with Gasteiger partial charge in [0, 0.05) is 12.6 Å². The Bertz CT molecular complexity index is 402. The Morgan fingerprint density at radius 2 is 2.24 bits per heavy atom. The fourth-order valence-corrected chi connectivity index (χ4v) is 2.30. The van der Waals surface area contributed by atoms with E-state index in [1.165, 1.54) is 12.6 Å². The number of carbonyl (C=O) groups is 1. The molecule has 2 atom stereocenters. The van der Waals surface area contributed by atoms with Crippen LogP contribution < -0.4 is 5.73 Å². The molecule has 1 aliphatic rings. The molecule has 2 unspecified atom stereocenters. The minimum atomic E-state index is 0.0176. The van der Waals surface area contributed by atoms with Crippen molar-refractivity contribution in [2.24, 2.45) is 5.92 Å². The van der Waals surface area contributed by atoms with E-state index in [0.717, 1.165) is 13.0 Å². The van der Waals surface area contributed by atoms with Crippen LogP contribution in [0.15, 0.2) is 18.3 Å². The molecule has 0 saturated carbocycles. The third-order valence-corrected chi connectivity index (χ3v) is 3.64. The van der Waals surface area contributed by atoms with Crippen LogP contribution in [0.1, 0.15) is 37.2 Å². The Hall–Kier alpha value is -1.58. The van der Waals surface area contributed by atoms with Crippen molar-refractivity contribution in [1.82, 2.24) is 9.88 Å². The van der Waals surface area contributed by atoms with Crippen LogP contribution in [-0.4, -0.2) is 28.4 Å². The molecule has 2 rings (SSSR count). The first-order chi connectivity index (χ1) is 8.09. The zero-order chi connectivity index (χ0) is 12.4. The number of piperidine rings is 1. The number of nitrogen functional groups attached to an aromatic ring is 1. The maximum atomic E-state index is 12.3. The highest BCUT2D eigenvalue weighted by molar-refractivity contribution is 5.92. The van der Waals surface area contributed by atoms with Gasteiger partial charge < -0.3 is 10.6 Å². The Kier molecular flexibility index (Phi) is 3.31. The van der Waals surface area contributed by atoms with Crippen molar-refractivity contribution in [2.45, 2.75) is 32.7 Å². The average Bonchev–Trinajstić information content (AvgIpc) is 2.33. The molecule has 92 valence electrons. The molecule has 4 nitrogen and oxygen atoms in total. The molecule has 1 aromatic heterocycles. The monoisotopic (exact) mass is 233 g/mol. The lowest BCUT2D eigenvalue weighted by Gasteiger charge is -2.37. The number of anilines is 1. The quantitative estimate of drug-likeness (QED) is 0.806. The molecule has 4 heteroatoms. The van der Waals surface area contributed by atoms with Gasteiger partial charge in [0.15, 0.2) is 0 Å². The molecule has 0 bridgehead atoms. The largest absolute Gasteiger partial charge is 0.397 e. The molecule has 0 aliphatic carbocycles. The minimum Gasteiger partial charge on any atom is -0.397 e. The molecule has 1 aliphatic heterocycles. The zero-order valence-electron chi connectivity index (χ0n) is 10.4. The van der Waals surface area contributed by atoms with E-state index in [-0.39, 0.29) is 11.9 Å². The number of nitrogens with zero attached hydrogens (tertiary/aromatic N) is 2. The van der Waals surface area contributed by atoms with Crippen LogP contribution in [0.25, 0.3) is 0 Å². The molecule has 0 aromatic carbocycles. The van der Waals surface area contributed by atoms with Crippen LogP contribution in [-0.2, 0) is 0 Å². The number of rotatable bonds is 1. The highest BCUT2D eigenvalue weighted by Gasteiger charge is 2.29. The lowest BCUT2D eigenvalue weighted by Crippen LogP contribution is -2.46. The number of nitrogens with two attached hydrogens (primary N) is 1. The van der Waals surface area contributed by atoms with E-state index in [1.807, 2.05) is 4.90 Å². The Morgan fingerprint density at radius 1 is 1.47 bits per heavy atom. The summed E-state index contributed by atoms with van der Waals surface area (Å²) < 4.78 is 0. The molecular formula is C13H19N3O. The van der Waals surface area contributed by atoms with Gasteiger partial charge in [0.2, 0.25) is 0 Å². The molecule has 2 N–H and O–H groups in total. The summed E-state index contributed by atoms with van der Waals surface area (Å²) in [5.74, 6) is 0.575. The molecular weight excluding hydrogens is 214 g/mol. The second-order valence-corrected chi connectivity index (χ2v) is 4.84. The first-order valence-corrected chi connectivity index (χ1v) is 6.12. The summed E-state index contributed by atoms with van der Waals surface area (Å²) in [6.45, 7) is 5.13. The predicted octanol–water partition coefficient (Wildman–Crippen LogP) is 1.92. The van der Waals surface area contributed by atoms with E-state index >= 15 is 0 Å². The normalized spacial score (nSPS) is 24.7. The molecule has 0 spiro atoms. The van der Waals surface area contributed by atoms with Crippen molar-refractivity contribution in [2.75, 3.05) is 12.3 Å². The van der Waals surface area contributed by atoms with Gasteiger partial charge in [-0.15, -0.1) is 0 Å². The predicted molar refractivity (Wildman–Crippen MR) is 67.5 cm³/mol. The number of carbonyl (C=O) groups excluding carboxylic acids is 1. The Balaban J connectivity index is 2.16. The van der Waals surface area contributed by atoms with Crippen molar-refractivity contribution in [3.05, 3.63) is 24.0 Å². The third-order valence-electron chi connectivity index (χ3n) is 3.64. The van der Waals surface area contributed by atoms with Gasteiger partial charge in [-0.05, 0) is 37.8 Å². The highest BCUT2D eigenvalue weighted by atomic mass is 16.2. The Labute approximate surface area is 102 Å². The molecule has 17 heavy (non-hydrogen) atoms. The van der Waals surface area contributed by atoms with E-state index in [9.17, 15) is 4.79 Å². The summed E-state index contributed by atoms with van der Waals surface area (Å²) in [6, 6.07) is 3.71. The number of hydrogen-bond donors (Lipinski definition) is 1. The second-order valence-electron chi connectivity index (χ2n) is 4.84. The standard InChI is InChI=1S/C13H19N3O/c1-9-4-3-7-16(10(9)2)13(17)12-6-5-11(14)8-15-12/h5-6,8-10H,3-4,7,14H2,1-2H3. The fourth-order valence-electron chi connectivity index (χ4n) is 2.30. The third kappa shape index (κ3) is 2.40. The van der Waals surface area contributed by atoms with E-state index in [1.54, 1.807) is 12.1 Å². The van der Waals surface area contributed by atoms with Gasteiger partial charge in [-0.3, -0.25) is 4.79 Å². The molecule has 1 amide bonds. The summed E-state index contributed by atoms with van der Waals surface area (Å²) >= 11 is 0. The van der Waals surface area contributed by atoms with E-state index in [2.05, 4.69) is 18.8 Å². The fraction of sp³-hybridized carbons (Fsp3) is 0.538. The van der Waals surface area contributed by atoms with Crippen molar-refractivity contribution < 1.29 is 4.79 Å². The number of amides is 1. The van der Waals surface area contributed by atoms with Crippen molar-refractivity contribution >= 4 is 11.6 Å². The van der Waals surface area contributed by atoms with E-state index in [0.29, 0.717) is 17.3 Å². The van der Waals surface area contributed by atoms with Gasteiger partial charge in [0.1, 0.15) is 5.69 Å². The van der Waals surface area contributed by atoms with Crippen LogP contribution in [0.4, 0.5) is 5.69 Å². The maximum absolute atomic E-state index is 12.3. The van der Waals surface area contributed by atoms with Crippen molar-refractivity contribution in [1.29, 1.82) is 0 Å². The second kappa shape index (κ2) is 4.73. The lowest BCUT2D eigenvalue weighted by atomic mass is 9.92. The van der Waals surface area contributed by atoms with Crippen molar-refractivity contribution in [3.63, 3.8) is 0 Å². The number of pyridine rings is 1. The number of likely N-dealkylation sites (tertiary alicyclic amines) is 1. The SMILES string of the molecule is CC1CCCN(C(=O)c2ccc(N)cn2)C1C. The number of aromatic nitrogens is 1. The van der Waals surface area contributed by atoms with Gasteiger partial charge in [-0.2, -0.15) is 0 Å². The van der Waals surface area contributed by atoms with Gasteiger partial charge in [0.05, 0.1) is 11.9 Å². The summed E-state index contributed by atoms with van der Waals surface area (Å²) in [5.41, 5.74) is 6.64. The average molecular weight is 233 g/mol. The van der Waals surface area contributed by atoms with Crippen LogP contribution in [0, 0.1) is 5.92 Å². The summed E-state index contributed by atoms with van der Waals surface area (Å²) in [4.78, 5) is 18.3. The summed E-state index contributed by atoms with van der Waals surface area (Å²) in [7, 11) is 0. The maximum Gasteiger partial charge on any atom is 0.272 e. The van der Waals surface area contributed by atoms with Crippen LogP contribution in [0.2, 0.25) is 0 Å². The lowest BCUT2D eigenvalue weighted by molar-refractivity contribution is 0.0545. The van der Waals surface area contributed by atoms with E-state index in [4.69, 9.17) is 5.73 Å². The van der Waals surface area contributed by atoms with Crippen LogP contribution in [0.3, 0.4) is 0 Å². The van der Waals surface area contributed by atoms with Crippen LogP contribution >= 0.6 is 0 Å². The van der Waals surface area contributed by atoms with Gasteiger partial charge >= 0.3 is 0 Å².